The summed E-state index contributed by atoms with van der Waals surface area (Å²) >= 11 is 5.58. The van der Waals surface area contributed by atoms with Crippen molar-refractivity contribution < 1.29 is 14.2 Å². The van der Waals surface area contributed by atoms with Gasteiger partial charge in [0.25, 0.3) is 0 Å². The third-order valence-electron chi connectivity index (χ3n) is 2.18. The molecule has 4 heteroatoms. The molecule has 0 aromatic rings. The van der Waals surface area contributed by atoms with E-state index >= 15 is 0 Å². The number of halogens is 1. The highest BCUT2D eigenvalue weighted by Gasteiger charge is 1.92. The SMILES string of the molecule is COCCCOCCOCCCCCCCl. The van der Waals surface area contributed by atoms with E-state index in [0.717, 1.165) is 45.0 Å². The summed E-state index contributed by atoms with van der Waals surface area (Å²) in [6.07, 6.45) is 5.61. The van der Waals surface area contributed by atoms with E-state index in [1.165, 1.54) is 12.8 Å². The fourth-order valence-corrected chi connectivity index (χ4v) is 1.47. The molecular formula is C12H25ClO3. The van der Waals surface area contributed by atoms with Gasteiger partial charge in [-0.25, -0.2) is 0 Å². The molecule has 0 unspecified atom stereocenters. The predicted molar refractivity (Wildman–Crippen MR) is 67.3 cm³/mol. The molecule has 0 aliphatic heterocycles. The van der Waals surface area contributed by atoms with E-state index in [1.54, 1.807) is 7.11 Å². The Morgan fingerprint density at radius 3 is 1.94 bits per heavy atom. The number of hydrogen-bond acceptors (Lipinski definition) is 3. The van der Waals surface area contributed by atoms with E-state index in [4.69, 9.17) is 25.8 Å². The topological polar surface area (TPSA) is 27.7 Å². The van der Waals surface area contributed by atoms with Crippen molar-refractivity contribution in [2.45, 2.75) is 32.1 Å². The van der Waals surface area contributed by atoms with Gasteiger partial charge in [0, 0.05) is 32.8 Å². The van der Waals surface area contributed by atoms with Crippen molar-refractivity contribution in [2.24, 2.45) is 0 Å². The minimum atomic E-state index is 0.686. The van der Waals surface area contributed by atoms with E-state index < -0.39 is 0 Å². The monoisotopic (exact) mass is 252 g/mol. The van der Waals surface area contributed by atoms with Crippen LogP contribution in [0.2, 0.25) is 0 Å². The Morgan fingerprint density at radius 1 is 0.688 bits per heavy atom. The van der Waals surface area contributed by atoms with Crippen molar-refractivity contribution in [3.8, 4) is 0 Å². The molecule has 0 spiro atoms. The Kier molecular flexibility index (Phi) is 15.3. The molecule has 0 aromatic heterocycles. The number of alkyl halides is 1. The van der Waals surface area contributed by atoms with Gasteiger partial charge in [0.1, 0.15) is 0 Å². The van der Waals surface area contributed by atoms with Crippen LogP contribution in [0.4, 0.5) is 0 Å². The smallest absolute Gasteiger partial charge is 0.0700 e. The summed E-state index contributed by atoms with van der Waals surface area (Å²) in [7, 11) is 1.70. The molecule has 0 fully saturated rings. The van der Waals surface area contributed by atoms with E-state index in [0.29, 0.717) is 13.2 Å². The molecule has 0 aliphatic rings. The summed E-state index contributed by atoms with van der Waals surface area (Å²) < 4.78 is 15.7. The summed E-state index contributed by atoms with van der Waals surface area (Å²) in [6, 6.07) is 0. The molecule has 0 N–H and O–H groups in total. The Labute approximate surface area is 104 Å². The molecule has 0 heterocycles. The number of methoxy groups -OCH3 is 1. The average Bonchev–Trinajstić information content (AvgIpc) is 2.31. The van der Waals surface area contributed by atoms with E-state index in [9.17, 15) is 0 Å². The molecule has 0 amide bonds. The molecule has 0 radical (unpaired) electrons. The minimum absolute atomic E-state index is 0.686. The van der Waals surface area contributed by atoms with Crippen molar-refractivity contribution in [2.75, 3.05) is 46.0 Å². The van der Waals surface area contributed by atoms with Crippen molar-refractivity contribution in [1.82, 2.24) is 0 Å². The third-order valence-corrected chi connectivity index (χ3v) is 2.45. The molecule has 16 heavy (non-hydrogen) atoms. The van der Waals surface area contributed by atoms with Gasteiger partial charge in [-0.3, -0.25) is 0 Å². The second kappa shape index (κ2) is 15.2. The van der Waals surface area contributed by atoms with E-state index in [1.807, 2.05) is 0 Å². The summed E-state index contributed by atoms with van der Waals surface area (Å²) in [5.74, 6) is 0.774. The van der Waals surface area contributed by atoms with Crippen LogP contribution in [0.3, 0.4) is 0 Å². The second-order valence-corrected chi connectivity index (χ2v) is 4.05. The predicted octanol–water partition coefficient (Wildman–Crippen LogP) is 2.86. The fraction of sp³-hybridized carbons (Fsp3) is 1.00. The molecule has 0 aliphatic carbocycles. The molecule has 0 atom stereocenters. The van der Waals surface area contributed by atoms with Crippen molar-refractivity contribution in [3.05, 3.63) is 0 Å². The van der Waals surface area contributed by atoms with Crippen LogP contribution < -0.4 is 0 Å². The molecule has 0 saturated carbocycles. The van der Waals surface area contributed by atoms with Crippen molar-refractivity contribution >= 4 is 11.6 Å². The highest BCUT2D eigenvalue weighted by molar-refractivity contribution is 6.17. The first kappa shape index (κ1) is 16.2. The number of ether oxygens (including phenoxy) is 3. The zero-order valence-electron chi connectivity index (χ0n) is 10.4. The second-order valence-electron chi connectivity index (χ2n) is 3.67. The maximum atomic E-state index is 5.58. The van der Waals surface area contributed by atoms with E-state index in [2.05, 4.69) is 0 Å². The molecule has 3 nitrogen and oxygen atoms in total. The Morgan fingerprint density at radius 2 is 1.31 bits per heavy atom. The minimum Gasteiger partial charge on any atom is -0.385 e. The van der Waals surface area contributed by atoms with Gasteiger partial charge < -0.3 is 14.2 Å². The molecule has 0 saturated heterocycles. The first-order chi connectivity index (χ1) is 7.91. The zero-order valence-corrected chi connectivity index (χ0v) is 11.1. The van der Waals surface area contributed by atoms with Crippen LogP contribution in [0.15, 0.2) is 0 Å². The molecule has 98 valence electrons. The summed E-state index contributed by atoms with van der Waals surface area (Å²) in [4.78, 5) is 0. The fourth-order valence-electron chi connectivity index (χ4n) is 1.28. The molecule has 0 rings (SSSR count). The standard InChI is InChI=1S/C12H25ClO3/c1-14-8-6-10-16-12-11-15-9-5-3-2-4-7-13/h2-12H2,1H3. The Bertz CT molecular complexity index is 109. The maximum Gasteiger partial charge on any atom is 0.0700 e. The highest BCUT2D eigenvalue weighted by Crippen LogP contribution is 2.00. The number of hydrogen-bond donors (Lipinski definition) is 0. The maximum absolute atomic E-state index is 5.58. The van der Waals surface area contributed by atoms with Crippen LogP contribution in [-0.2, 0) is 14.2 Å². The van der Waals surface area contributed by atoms with Gasteiger partial charge in [-0.2, -0.15) is 0 Å². The van der Waals surface area contributed by atoms with Crippen LogP contribution in [0.25, 0.3) is 0 Å². The first-order valence-electron chi connectivity index (χ1n) is 6.12. The lowest BCUT2D eigenvalue weighted by molar-refractivity contribution is 0.0387. The van der Waals surface area contributed by atoms with Gasteiger partial charge in [0.05, 0.1) is 13.2 Å². The largest absolute Gasteiger partial charge is 0.385 e. The third kappa shape index (κ3) is 14.2. The Balaban J connectivity index is 2.83. The van der Waals surface area contributed by atoms with Crippen molar-refractivity contribution in [3.63, 3.8) is 0 Å². The van der Waals surface area contributed by atoms with Gasteiger partial charge in [0.2, 0.25) is 0 Å². The number of rotatable bonds is 13. The lowest BCUT2D eigenvalue weighted by atomic mass is 10.2. The first-order valence-corrected chi connectivity index (χ1v) is 6.65. The van der Waals surface area contributed by atoms with Crippen molar-refractivity contribution in [1.29, 1.82) is 0 Å². The van der Waals surface area contributed by atoms with Crippen LogP contribution >= 0.6 is 11.6 Å². The van der Waals surface area contributed by atoms with E-state index in [-0.39, 0.29) is 0 Å². The van der Waals surface area contributed by atoms with Gasteiger partial charge in [-0.1, -0.05) is 12.8 Å². The van der Waals surface area contributed by atoms with Gasteiger partial charge in [0.15, 0.2) is 0 Å². The van der Waals surface area contributed by atoms with Gasteiger partial charge in [-0.05, 0) is 19.3 Å². The molecule has 0 bridgehead atoms. The summed E-state index contributed by atoms with van der Waals surface area (Å²) in [5, 5.41) is 0. The lowest BCUT2D eigenvalue weighted by Gasteiger charge is -2.05. The van der Waals surface area contributed by atoms with Crippen LogP contribution in [0, 0.1) is 0 Å². The highest BCUT2D eigenvalue weighted by atomic mass is 35.5. The lowest BCUT2D eigenvalue weighted by Crippen LogP contribution is -2.07. The number of unbranched alkanes of at least 4 members (excludes halogenated alkanes) is 3. The average molecular weight is 253 g/mol. The van der Waals surface area contributed by atoms with Crippen LogP contribution in [-0.4, -0.2) is 46.0 Å². The Hall–Kier alpha value is 0.170. The molecule has 0 aromatic carbocycles. The van der Waals surface area contributed by atoms with Gasteiger partial charge >= 0.3 is 0 Å². The quantitative estimate of drug-likeness (QED) is 0.373. The normalized spacial score (nSPS) is 10.9. The van der Waals surface area contributed by atoms with Crippen LogP contribution in [0.5, 0.6) is 0 Å². The van der Waals surface area contributed by atoms with Gasteiger partial charge in [-0.15, -0.1) is 11.6 Å². The van der Waals surface area contributed by atoms with Crippen LogP contribution in [0.1, 0.15) is 32.1 Å². The summed E-state index contributed by atoms with van der Waals surface area (Å²) in [6.45, 7) is 3.74. The zero-order chi connectivity index (χ0) is 11.9. The summed E-state index contributed by atoms with van der Waals surface area (Å²) in [5.41, 5.74) is 0. The molecular weight excluding hydrogens is 228 g/mol.